The topological polar surface area (TPSA) is 54.3 Å². The van der Waals surface area contributed by atoms with Crippen molar-refractivity contribution >= 4 is 28.8 Å². The number of amides is 1. The lowest BCUT2D eigenvalue weighted by Gasteiger charge is -2.08. The van der Waals surface area contributed by atoms with Crippen LogP contribution in [0.15, 0.2) is 47.1 Å². The molecule has 0 fully saturated rings. The van der Waals surface area contributed by atoms with E-state index in [0.29, 0.717) is 12.3 Å². The van der Waals surface area contributed by atoms with E-state index in [2.05, 4.69) is 10.6 Å². The fourth-order valence-corrected chi connectivity index (χ4v) is 1.53. The van der Waals surface area contributed by atoms with Gasteiger partial charge in [-0.1, -0.05) is 24.4 Å². The number of furan rings is 1. The molecule has 0 spiro atoms. The summed E-state index contributed by atoms with van der Waals surface area (Å²) in [6.07, 6.45) is 1.53. The molecule has 4 nitrogen and oxygen atoms in total. The highest BCUT2D eigenvalue weighted by atomic mass is 32.1. The van der Waals surface area contributed by atoms with Gasteiger partial charge < -0.3 is 15.1 Å². The van der Waals surface area contributed by atoms with Crippen molar-refractivity contribution in [2.24, 2.45) is 0 Å². The number of anilines is 1. The Morgan fingerprint density at radius 2 is 2.05 bits per heavy atom. The summed E-state index contributed by atoms with van der Waals surface area (Å²) in [6, 6.07) is 9.37. The molecule has 98 valence electrons. The Morgan fingerprint density at radius 3 is 2.74 bits per heavy atom. The zero-order valence-corrected chi connectivity index (χ0v) is 10.7. The van der Waals surface area contributed by atoms with Gasteiger partial charge >= 0.3 is 0 Å². The first-order valence-electron chi connectivity index (χ1n) is 5.53. The molecule has 2 rings (SSSR count). The molecule has 1 aromatic heterocycles. The zero-order chi connectivity index (χ0) is 13.7. The smallest absolute Gasteiger partial charge is 0.283 e. The molecule has 0 saturated heterocycles. The standard InChI is InChI=1S/C13H11FN2O2S/c14-10-5-1-2-6-11(10)16-12(17)13(19)15-8-9-4-3-7-18-9/h1-7H,8H2,(H,15,19)(H,16,17). The van der Waals surface area contributed by atoms with Crippen LogP contribution in [0.4, 0.5) is 10.1 Å². The number of carbonyl (C=O) groups excluding carboxylic acids is 1. The van der Waals surface area contributed by atoms with Gasteiger partial charge in [0.1, 0.15) is 11.6 Å². The number of halogens is 1. The summed E-state index contributed by atoms with van der Waals surface area (Å²) >= 11 is 4.90. The Hall–Kier alpha value is -2.21. The maximum absolute atomic E-state index is 13.3. The van der Waals surface area contributed by atoms with Crippen LogP contribution < -0.4 is 10.6 Å². The summed E-state index contributed by atoms with van der Waals surface area (Å²) in [5.41, 5.74) is 0.0923. The van der Waals surface area contributed by atoms with Crippen LogP contribution in [0.3, 0.4) is 0 Å². The molecular formula is C13H11FN2O2S. The number of nitrogens with one attached hydrogen (secondary N) is 2. The van der Waals surface area contributed by atoms with E-state index in [-0.39, 0.29) is 10.7 Å². The SMILES string of the molecule is O=C(Nc1ccccc1F)C(=S)NCc1ccco1. The first kappa shape index (κ1) is 13.2. The second-order valence-electron chi connectivity index (χ2n) is 3.70. The number of rotatable bonds is 3. The summed E-state index contributed by atoms with van der Waals surface area (Å²) in [4.78, 5) is 11.7. The highest BCUT2D eigenvalue weighted by molar-refractivity contribution is 7.82. The minimum atomic E-state index is -0.563. The second kappa shape index (κ2) is 6.10. The van der Waals surface area contributed by atoms with E-state index in [4.69, 9.17) is 16.6 Å². The summed E-state index contributed by atoms with van der Waals surface area (Å²) in [5.74, 6) is -0.419. The van der Waals surface area contributed by atoms with Crippen LogP contribution in [-0.2, 0) is 11.3 Å². The van der Waals surface area contributed by atoms with Crippen molar-refractivity contribution in [2.75, 3.05) is 5.32 Å². The fourth-order valence-electron chi connectivity index (χ4n) is 1.40. The lowest BCUT2D eigenvalue weighted by atomic mass is 10.3. The average Bonchev–Trinajstić information content (AvgIpc) is 2.91. The monoisotopic (exact) mass is 278 g/mol. The number of hydrogen-bond donors (Lipinski definition) is 2. The average molecular weight is 278 g/mol. The number of thiocarbonyl (C=S) groups is 1. The lowest BCUT2D eigenvalue weighted by molar-refractivity contribution is -0.110. The third-order valence-electron chi connectivity index (χ3n) is 2.33. The van der Waals surface area contributed by atoms with E-state index < -0.39 is 11.7 Å². The molecule has 0 atom stereocenters. The Kier molecular flexibility index (Phi) is 4.25. The molecule has 0 bridgehead atoms. The van der Waals surface area contributed by atoms with Crippen LogP contribution >= 0.6 is 12.2 Å². The van der Waals surface area contributed by atoms with Gasteiger partial charge in [0.25, 0.3) is 5.91 Å². The van der Waals surface area contributed by atoms with Gasteiger partial charge in [0.2, 0.25) is 0 Å². The van der Waals surface area contributed by atoms with E-state index in [9.17, 15) is 9.18 Å². The van der Waals surface area contributed by atoms with Crippen molar-refractivity contribution in [3.8, 4) is 0 Å². The molecule has 0 radical (unpaired) electrons. The molecule has 2 aromatic rings. The molecule has 0 aliphatic rings. The summed E-state index contributed by atoms with van der Waals surface area (Å²) < 4.78 is 18.4. The van der Waals surface area contributed by atoms with Crippen molar-refractivity contribution in [1.29, 1.82) is 0 Å². The molecule has 1 amide bonds. The Bertz CT molecular complexity index is 584. The van der Waals surface area contributed by atoms with Gasteiger partial charge in [-0.3, -0.25) is 4.79 Å². The van der Waals surface area contributed by atoms with Crippen LogP contribution in [0, 0.1) is 5.82 Å². The molecule has 1 heterocycles. The van der Waals surface area contributed by atoms with Gasteiger partial charge in [0.05, 0.1) is 18.5 Å². The van der Waals surface area contributed by atoms with Crippen LogP contribution in [0.5, 0.6) is 0 Å². The van der Waals surface area contributed by atoms with Gasteiger partial charge in [-0.2, -0.15) is 0 Å². The third kappa shape index (κ3) is 3.62. The molecule has 0 unspecified atom stereocenters. The summed E-state index contributed by atoms with van der Waals surface area (Å²) in [6.45, 7) is 0.302. The molecule has 2 N–H and O–H groups in total. The second-order valence-corrected chi connectivity index (χ2v) is 4.10. The van der Waals surface area contributed by atoms with Crippen molar-refractivity contribution < 1.29 is 13.6 Å². The molecular weight excluding hydrogens is 267 g/mol. The quantitative estimate of drug-likeness (QED) is 0.847. The number of hydrogen-bond acceptors (Lipinski definition) is 3. The van der Waals surface area contributed by atoms with Crippen LogP contribution in [-0.4, -0.2) is 10.9 Å². The maximum atomic E-state index is 13.3. The lowest BCUT2D eigenvalue weighted by Crippen LogP contribution is -2.33. The van der Waals surface area contributed by atoms with Gasteiger partial charge in [-0.15, -0.1) is 0 Å². The fraction of sp³-hybridized carbons (Fsp3) is 0.0769. The van der Waals surface area contributed by atoms with Crippen molar-refractivity contribution in [1.82, 2.24) is 5.32 Å². The van der Waals surface area contributed by atoms with Crippen LogP contribution in [0.2, 0.25) is 0 Å². The predicted molar refractivity (Wildman–Crippen MR) is 73.2 cm³/mol. The first-order valence-corrected chi connectivity index (χ1v) is 5.94. The van der Waals surface area contributed by atoms with Gasteiger partial charge in [-0.25, -0.2) is 4.39 Å². The van der Waals surface area contributed by atoms with E-state index in [1.54, 1.807) is 24.3 Å². The van der Waals surface area contributed by atoms with Crippen molar-refractivity contribution in [3.63, 3.8) is 0 Å². The molecule has 19 heavy (non-hydrogen) atoms. The summed E-state index contributed by atoms with van der Waals surface area (Å²) in [7, 11) is 0. The molecule has 0 aliphatic carbocycles. The highest BCUT2D eigenvalue weighted by Gasteiger charge is 2.11. The van der Waals surface area contributed by atoms with Crippen LogP contribution in [0.1, 0.15) is 5.76 Å². The van der Waals surface area contributed by atoms with E-state index in [1.165, 1.54) is 18.4 Å². The first-order chi connectivity index (χ1) is 9.16. The normalized spacial score (nSPS) is 9.95. The Morgan fingerprint density at radius 1 is 1.26 bits per heavy atom. The van der Waals surface area contributed by atoms with E-state index >= 15 is 0 Å². The predicted octanol–water partition coefficient (Wildman–Crippen LogP) is 2.47. The van der Waals surface area contributed by atoms with Gasteiger partial charge in [0.15, 0.2) is 4.99 Å². The maximum Gasteiger partial charge on any atom is 0.283 e. The third-order valence-corrected chi connectivity index (χ3v) is 2.66. The van der Waals surface area contributed by atoms with Gasteiger partial charge in [0, 0.05) is 0 Å². The van der Waals surface area contributed by atoms with Crippen molar-refractivity contribution in [2.45, 2.75) is 6.54 Å². The largest absolute Gasteiger partial charge is 0.467 e. The van der Waals surface area contributed by atoms with Crippen molar-refractivity contribution in [3.05, 3.63) is 54.2 Å². The minimum Gasteiger partial charge on any atom is -0.467 e. The number of carbonyl (C=O) groups is 1. The Labute approximate surface area is 114 Å². The number of para-hydroxylation sites is 1. The van der Waals surface area contributed by atoms with Crippen LogP contribution in [0.25, 0.3) is 0 Å². The molecule has 6 heteroatoms. The summed E-state index contributed by atoms with van der Waals surface area (Å²) in [5, 5.41) is 5.12. The number of benzene rings is 1. The molecule has 0 saturated carbocycles. The highest BCUT2D eigenvalue weighted by Crippen LogP contribution is 2.12. The van der Waals surface area contributed by atoms with E-state index in [1.807, 2.05) is 0 Å². The Balaban J connectivity index is 1.89. The minimum absolute atomic E-state index is 0.0281. The van der Waals surface area contributed by atoms with Gasteiger partial charge in [-0.05, 0) is 24.3 Å². The molecule has 0 aliphatic heterocycles. The zero-order valence-electron chi connectivity index (χ0n) is 9.85. The van der Waals surface area contributed by atoms with E-state index in [0.717, 1.165) is 0 Å². The molecule has 1 aromatic carbocycles.